The molecular weight excluding hydrogens is 424 g/mol. The third-order valence-electron chi connectivity index (χ3n) is 6.46. The zero-order valence-corrected chi connectivity index (χ0v) is 20.4. The Hall–Kier alpha value is -3.05. The molecule has 180 valence electrons. The van der Waals surface area contributed by atoms with Crippen LogP contribution in [0.1, 0.15) is 53.7 Å². The van der Waals surface area contributed by atoms with Crippen LogP contribution in [0.3, 0.4) is 0 Å². The van der Waals surface area contributed by atoms with Crippen molar-refractivity contribution in [3.05, 3.63) is 83.0 Å². The molecule has 0 atom stereocenters. The first-order chi connectivity index (χ1) is 16.7. The quantitative estimate of drug-likeness (QED) is 0.625. The maximum Gasteiger partial charge on any atom is 0.251 e. The summed E-state index contributed by atoms with van der Waals surface area (Å²) in [5.74, 6) is 1.87. The van der Waals surface area contributed by atoms with Crippen LogP contribution in [-0.4, -0.2) is 43.2 Å². The highest BCUT2D eigenvalue weighted by Gasteiger charge is 2.22. The second-order valence-corrected chi connectivity index (χ2v) is 8.94. The second-order valence-electron chi connectivity index (χ2n) is 8.94. The molecule has 2 heterocycles. The third-order valence-corrected chi connectivity index (χ3v) is 6.46. The van der Waals surface area contributed by atoms with E-state index in [0.29, 0.717) is 18.7 Å². The highest BCUT2D eigenvalue weighted by molar-refractivity contribution is 5.94. The van der Waals surface area contributed by atoms with Crippen LogP contribution in [0, 0.1) is 0 Å². The minimum atomic E-state index is -0.0276. The molecule has 0 spiro atoms. The van der Waals surface area contributed by atoms with Crippen LogP contribution in [0.2, 0.25) is 0 Å². The van der Waals surface area contributed by atoms with E-state index in [9.17, 15) is 4.79 Å². The Labute approximate surface area is 203 Å². The largest absolute Gasteiger partial charge is 0.490 e. The van der Waals surface area contributed by atoms with E-state index >= 15 is 0 Å². The summed E-state index contributed by atoms with van der Waals surface area (Å²) < 4.78 is 12.3. The molecule has 34 heavy (non-hydrogen) atoms. The molecule has 4 rings (SSSR count). The number of nitrogens with zero attached hydrogens (tertiary/aromatic N) is 1. The summed E-state index contributed by atoms with van der Waals surface area (Å²) in [5, 5.41) is 2.87. The second kappa shape index (κ2) is 11.9. The van der Waals surface area contributed by atoms with Gasteiger partial charge in [0.25, 0.3) is 5.91 Å². The smallest absolute Gasteiger partial charge is 0.251 e. The van der Waals surface area contributed by atoms with Gasteiger partial charge in [-0.15, -0.1) is 0 Å². The van der Waals surface area contributed by atoms with E-state index in [1.807, 2.05) is 37.3 Å². The number of ether oxygens (including phenoxy) is 2. The fraction of sp³-hybridized carbons (Fsp3) is 0.414. The van der Waals surface area contributed by atoms with Gasteiger partial charge in [-0.05, 0) is 79.6 Å². The number of nitrogens with one attached hydrogen (secondary N) is 1. The zero-order valence-electron chi connectivity index (χ0n) is 20.4. The van der Waals surface area contributed by atoms with E-state index in [2.05, 4.69) is 47.5 Å². The van der Waals surface area contributed by atoms with E-state index in [0.717, 1.165) is 62.4 Å². The van der Waals surface area contributed by atoms with Crippen molar-refractivity contribution in [2.75, 3.05) is 26.2 Å². The normalized spacial score (nSPS) is 18.5. The first kappa shape index (κ1) is 24.1. The van der Waals surface area contributed by atoms with Gasteiger partial charge in [-0.25, -0.2) is 0 Å². The van der Waals surface area contributed by atoms with Gasteiger partial charge in [-0.2, -0.15) is 0 Å². The van der Waals surface area contributed by atoms with Gasteiger partial charge < -0.3 is 14.8 Å². The standard InChI is InChI=1S/C29H36N2O3/c1-3-23-20-25(29(32)30-4-2)11-13-28(23)34-26-14-16-31(17-15-26)21-22-10-12-27-24(19-22)9-7-5-6-8-18-33-27/h5-8,10-13,19-20,26H,3-4,9,14-18,21H2,1-2H3,(H,30,32)/b7-5-,8-6-. The number of piperidine rings is 1. The Morgan fingerprint density at radius 2 is 1.91 bits per heavy atom. The Bertz CT molecular complexity index is 1040. The van der Waals surface area contributed by atoms with Crippen LogP contribution >= 0.6 is 0 Å². The summed E-state index contributed by atoms with van der Waals surface area (Å²) in [6.07, 6.45) is 12.3. The van der Waals surface area contributed by atoms with Crippen molar-refractivity contribution in [3.8, 4) is 11.5 Å². The average molecular weight is 461 g/mol. The highest BCUT2D eigenvalue weighted by Crippen LogP contribution is 2.27. The summed E-state index contributed by atoms with van der Waals surface area (Å²) in [6, 6.07) is 12.4. The third kappa shape index (κ3) is 6.29. The van der Waals surface area contributed by atoms with Crippen LogP contribution in [0.4, 0.5) is 0 Å². The number of rotatable bonds is 7. The molecule has 0 aliphatic carbocycles. The van der Waals surface area contributed by atoms with Crippen LogP contribution in [0.15, 0.2) is 60.7 Å². The van der Waals surface area contributed by atoms with E-state index in [1.165, 1.54) is 11.1 Å². The summed E-state index contributed by atoms with van der Waals surface area (Å²) in [7, 11) is 0. The minimum absolute atomic E-state index is 0.0276. The van der Waals surface area contributed by atoms with Crippen molar-refractivity contribution < 1.29 is 14.3 Å². The number of carbonyl (C=O) groups excluding carboxylic acids is 1. The molecule has 1 fully saturated rings. The topological polar surface area (TPSA) is 50.8 Å². The SMILES string of the molecule is CCNC(=O)c1ccc(OC2CCN(Cc3ccc4c(c3)C/C=C\C=C/CO4)CC2)c(CC)c1. The lowest BCUT2D eigenvalue weighted by Gasteiger charge is -2.32. The van der Waals surface area contributed by atoms with E-state index in [-0.39, 0.29) is 12.0 Å². The summed E-state index contributed by atoms with van der Waals surface area (Å²) >= 11 is 0. The summed E-state index contributed by atoms with van der Waals surface area (Å²) in [6.45, 7) is 8.25. The number of amides is 1. The van der Waals surface area contributed by atoms with Gasteiger partial charge in [0.1, 0.15) is 24.2 Å². The molecule has 2 aliphatic rings. The predicted molar refractivity (Wildman–Crippen MR) is 137 cm³/mol. The molecule has 1 saturated heterocycles. The molecule has 2 aromatic carbocycles. The van der Waals surface area contributed by atoms with Gasteiger partial charge in [0.15, 0.2) is 0 Å². The van der Waals surface area contributed by atoms with Crippen molar-refractivity contribution >= 4 is 5.91 Å². The van der Waals surface area contributed by atoms with Gasteiger partial charge in [0, 0.05) is 31.7 Å². The molecule has 2 aromatic rings. The Morgan fingerprint density at radius 1 is 1.09 bits per heavy atom. The number of hydrogen-bond donors (Lipinski definition) is 1. The number of carbonyl (C=O) groups is 1. The molecule has 0 unspecified atom stereocenters. The number of allylic oxidation sites excluding steroid dienone is 3. The molecule has 1 amide bonds. The van der Waals surface area contributed by atoms with Crippen LogP contribution in [0.5, 0.6) is 11.5 Å². The maximum atomic E-state index is 12.2. The van der Waals surface area contributed by atoms with Crippen molar-refractivity contribution in [2.24, 2.45) is 0 Å². The van der Waals surface area contributed by atoms with Crippen LogP contribution in [-0.2, 0) is 19.4 Å². The lowest BCUT2D eigenvalue weighted by Crippen LogP contribution is -2.38. The van der Waals surface area contributed by atoms with E-state index < -0.39 is 0 Å². The zero-order chi connectivity index (χ0) is 23.8. The van der Waals surface area contributed by atoms with Crippen LogP contribution < -0.4 is 14.8 Å². The van der Waals surface area contributed by atoms with Crippen molar-refractivity contribution in [3.63, 3.8) is 0 Å². The summed E-state index contributed by atoms with van der Waals surface area (Å²) in [5.41, 5.74) is 4.37. The number of likely N-dealkylation sites (tertiary alicyclic amines) is 1. The number of fused-ring (bicyclic) bond motifs is 1. The lowest BCUT2D eigenvalue weighted by molar-refractivity contribution is 0.0949. The molecule has 0 aromatic heterocycles. The first-order valence-corrected chi connectivity index (χ1v) is 12.5. The maximum absolute atomic E-state index is 12.2. The Morgan fingerprint density at radius 3 is 2.71 bits per heavy atom. The van der Waals surface area contributed by atoms with Gasteiger partial charge >= 0.3 is 0 Å². The number of benzene rings is 2. The minimum Gasteiger partial charge on any atom is -0.490 e. The van der Waals surface area contributed by atoms with Crippen molar-refractivity contribution in [1.82, 2.24) is 10.2 Å². The summed E-state index contributed by atoms with van der Waals surface area (Å²) in [4.78, 5) is 14.7. The molecular formula is C29H36N2O3. The first-order valence-electron chi connectivity index (χ1n) is 12.5. The predicted octanol–water partition coefficient (Wildman–Crippen LogP) is 5.09. The van der Waals surface area contributed by atoms with E-state index in [4.69, 9.17) is 9.47 Å². The molecule has 5 nitrogen and oxygen atoms in total. The van der Waals surface area contributed by atoms with Gasteiger partial charge in [-0.3, -0.25) is 9.69 Å². The molecule has 5 heteroatoms. The molecule has 2 aliphatic heterocycles. The number of aryl methyl sites for hydroxylation is 1. The Balaban J connectivity index is 1.32. The van der Waals surface area contributed by atoms with Gasteiger partial charge in [-0.1, -0.05) is 37.3 Å². The van der Waals surface area contributed by atoms with Gasteiger partial charge in [0.05, 0.1) is 0 Å². The monoisotopic (exact) mass is 460 g/mol. The Kier molecular flexibility index (Phi) is 8.42. The fourth-order valence-corrected chi connectivity index (χ4v) is 4.57. The molecule has 0 saturated carbocycles. The molecule has 0 bridgehead atoms. The van der Waals surface area contributed by atoms with Gasteiger partial charge in [0.2, 0.25) is 0 Å². The van der Waals surface area contributed by atoms with Crippen molar-refractivity contribution in [2.45, 2.75) is 52.2 Å². The molecule has 1 N–H and O–H groups in total. The van der Waals surface area contributed by atoms with Crippen molar-refractivity contribution in [1.29, 1.82) is 0 Å². The average Bonchev–Trinajstić information content (AvgIpc) is 2.97. The lowest BCUT2D eigenvalue weighted by atomic mass is 10.0. The molecule has 0 radical (unpaired) electrons. The highest BCUT2D eigenvalue weighted by atomic mass is 16.5. The number of hydrogen-bond acceptors (Lipinski definition) is 4. The van der Waals surface area contributed by atoms with Crippen LogP contribution in [0.25, 0.3) is 0 Å². The fourth-order valence-electron chi connectivity index (χ4n) is 4.57. The van der Waals surface area contributed by atoms with E-state index in [1.54, 1.807) is 0 Å².